The molecule has 11 heteroatoms. The highest BCUT2D eigenvalue weighted by molar-refractivity contribution is 8.00. The predicted molar refractivity (Wildman–Crippen MR) is 95.8 cm³/mol. The van der Waals surface area contributed by atoms with Gasteiger partial charge in [0.05, 0.1) is 11.4 Å². The number of nitrogens with zero attached hydrogens (tertiary/aromatic N) is 2. The Hall–Kier alpha value is -2.11. The maximum absolute atomic E-state index is 12.5. The second-order valence-electron chi connectivity index (χ2n) is 5.49. The first-order valence-electron chi connectivity index (χ1n) is 7.53. The highest BCUT2D eigenvalue weighted by Crippen LogP contribution is 2.37. The Kier molecular flexibility index (Phi) is 6.50. The molecule has 0 spiro atoms. The minimum Gasteiger partial charge on any atom is -0.310 e. The van der Waals surface area contributed by atoms with Crippen molar-refractivity contribution in [2.45, 2.75) is 22.2 Å². The van der Waals surface area contributed by atoms with E-state index in [-0.39, 0.29) is 21.6 Å². The minimum absolute atomic E-state index is 0.132. The molecule has 0 atom stereocenters. The average molecular weight is 419 g/mol. The number of benzene rings is 1. The zero-order valence-corrected chi connectivity index (χ0v) is 16.0. The highest BCUT2D eigenvalue weighted by Gasteiger charge is 2.29. The Labute approximate surface area is 158 Å². The molecule has 0 aliphatic heterocycles. The third-order valence-corrected chi connectivity index (χ3v) is 5.84. The van der Waals surface area contributed by atoms with E-state index in [0.717, 1.165) is 28.6 Å². The zero-order chi connectivity index (χ0) is 20.2. The maximum Gasteiger partial charge on any atom is 0.446 e. The van der Waals surface area contributed by atoms with Gasteiger partial charge in [0.15, 0.2) is 0 Å². The van der Waals surface area contributed by atoms with Gasteiger partial charge < -0.3 is 5.32 Å². The van der Waals surface area contributed by atoms with Crippen LogP contribution in [0.5, 0.6) is 0 Å². The number of aromatic nitrogens is 1. The number of nitrogens with one attached hydrogen (secondary N) is 1. The number of carbonyl (C=O) groups excluding carboxylic acids is 1. The number of alkyl halides is 3. The SMILES string of the molecule is Cc1cccc(NC(=O)CN(C)S(=O)(=O)c2ccc(SC(F)(F)F)cc2)n1. The van der Waals surface area contributed by atoms with Crippen molar-refractivity contribution in [1.82, 2.24) is 9.29 Å². The predicted octanol–water partition coefficient (Wildman–Crippen LogP) is 3.26. The van der Waals surface area contributed by atoms with E-state index in [1.165, 1.54) is 7.05 Å². The summed E-state index contributed by atoms with van der Waals surface area (Å²) in [6.45, 7) is 1.27. The Morgan fingerprint density at radius 3 is 2.37 bits per heavy atom. The quantitative estimate of drug-likeness (QED) is 0.727. The van der Waals surface area contributed by atoms with Crippen molar-refractivity contribution >= 4 is 33.5 Å². The number of thioether (sulfide) groups is 1. The van der Waals surface area contributed by atoms with Gasteiger partial charge in [0.1, 0.15) is 5.82 Å². The molecule has 2 rings (SSSR count). The van der Waals surface area contributed by atoms with Crippen LogP contribution < -0.4 is 5.32 Å². The summed E-state index contributed by atoms with van der Waals surface area (Å²) in [5.41, 5.74) is -3.77. The van der Waals surface area contributed by atoms with Crippen molar-refractivity contribution in [3.05, 3.63) is 48.2 Å². The van der Waals surface area contributed by atoms with Gasteiger partial charge in [0, 0.05) is 17.6 Å². The van der Waals surface area contributed by atoms with Gasteiger partial charge in [-0.1, -0.05) is 6.07 Å². The van der Waals surface area contributed by atoms with Crippen molar-refractivity contribution in [3.63, 3.8) is 0 Å². The van der Waals surface area contributed by atoms with Gasteiger partial charge in [-0.2, -0.15) is 17.5 Å². The van der Waals surface area contributed by atoms with Crippen LogP contribution in [-0.2, 0) is 14.8 Å². The van der Waals surface area contributed by atoms with Crippen LogP contribution in [0.15, 0.2) is 52.3 Å². The van der Waals surface area contributed by atoms with Gasteiger partial charge in [0.2, 0.25) is 15.9 Å². The average Bonchev–Trinajstić information content (AvgIpc) is 2.53. The molecule has 2 aromatic rings. The van der Waals surface area contributed by atoms with E-state index in [2.05, 4.69) is 10.3 Å². The van der Waals surface area contributed by atoms with Crippen molar-refractivity contribution in [2.24, 2.45) is 0 Å². The largest absolute Gasteiger partial charge is 0.446 e. The lowest BCUT2D eigenvalue weighted by molar-refractivity contribution is -0.116. The van der Waals surface area contributed by atoms with Crippen LogP contribution in [0.4, 0.5) is 19.0 Å². The highest BCUT2D eigenvalue weighted by atomic mass is 32.2. The molecule has 0 aliphatic rings. The van der Waals surface area contributed by atoms with Gasteiger partial charge in [-0.05, 0) is 55.1 Å². The summed E-state index contributed by atoms with van der Waals surface area (Å²) in [6.07, 6.45) is 0. The number of likely N-dealkylation sites (N-methyl/N-ethyl adjacent to an activating group) is 1. The number of halogens is 3. The summed E-state index contributed by atoms with van der Waals surface area (Å²) in [5, 5.41) is 2.49. The van der Waals surface area contributed by atoms with Gasteiger partial charge in [-0.3, -0.25) is 4.79 Å². The van der Waals surface area contributed by atoms with Crippen LogP contribution in [0.25, 0.3) is 0 Å². The summed E-state index contributed by atoms with van der Waals surface area (Å²) in [4.78, 5) is 15.8. The van der Waals surface area contributed by atoms with Crippen LogP contribution >= 0.6 is 11.8 Å². The lowest BCUT2D eigenvalue weighted by atomic mass is 10.4. The standard InChI is InChI=1S/C16H16F3N3O3S2/c1-11-4-3-5-14(20-11)21-15(23)10-22(2)27(24,25)13-8-6-12(7-9-13)26-16(17,18)19/h3-9H,10H2,1-2H3,(H,20,21,23). The molecule has 1 aromatic carbocycles. The fraction of sp³-hybridized carbons (Fsp3) is 0.250. The van der Waals surface area contributed by atoms with Crippen LogP contribution in [-0.4, -0.2) is 42.7 Å². The van der Waals surface area contributed by atoms with Gasteiger partial charge >= 0.3 is 5.51 Å². The second-order valence-corrected chi connectivity index (χ2v) is 8.68. The first-order valence-corrected chi connectivity index (χ1v) is 9.79. The number of hydrogen-bond donors (Lipinski definition) is 1. The Morgan fingerprint density at radius 1 is 1.19 bits per heavy atom. The minimum atomic E-state index is -4.46. The van der Waals surface area contributed by atoms with Gasteiger partial charge in [-0.15, -0.1) is 0 Å². The Morgan fingerprint density at radius 2 is 1.81 bits per heavy atom. The molecule has 146 valence electrons. The molecule has 1 N–H and O–H groups in total. The number of anilines is 1. The molecule has 0 radical (unpaired) electrons. The number of pyridine rings is 1. The molecule has 0 unspecified atom stereocenters. The number of hydrogen-bond acceptors (Lipinski definition) is 5. The number of aryl methyl sites for hydroxylation is 1. The molecule has 6 nitrogen and oxygen atoms in total. The number of carbonyl (C=O) groups is 1. The molecule has 1 aromatic heterocycles. The third-order valence-electron chi connectivity index (χ3n) is 3.29. The third kappa shape index (κ3) is 6.22. The number of amides is 1. The molecule has 0 bridgehead atoms. The lowest BCUT2D eigenvalue weighted by Gasteiger charge is -2.17. The van der Waals surface area contributed by atoms with E-state index in [4.69, 9.17) is 0 Å². The number of rotatable bonds is 6. The van der Waals surface area contributed by atoms with E-state index in [1.54, 1.807) is 25.1 Å². The van der Waals surface area contributed by atoms with Crippen molar-refractivity contribution in [2.75, 3.05) is 18.9 Å². The summed E-state index contributed by atoms with van der Waals surface area (Å²) in [5.74, 6) is -0.303. The lowest BCUT2D eigenvalue weighted by Crippen LogP contribution is -2.35. The monoisotopic (exact) mass is 419 g/mol. The van der Waals surface area contributed by atoms with Crippen molar-refractivity contribution in [3.8, 4) is 0 Å². The van der Waals surface area contributed by atoms with Crippen LogP contribution in [0.1, 0.15) is 5.69 Å². The van der Waals surface area contributed by atoms with Crippen LogP contribution in [0.3, 0.4) is 0 Å². The summed E-state index contributed by atoms with van der Waals surface area (Å²) in [6, 6.07) is 9.27. The molecule has 1 heterocycles. The Bertz CT molecular complexity index is 916. The zero-order valence-electron chi connectivity index (χ0n) is 14.3. The molecule has 0 saturated heterocycles. The smallest absolute Gasteiger partial charge is 0.310 e. The second kappa shape index (κ2) is 8.28. The molecule has 27 heavy (non-hydrogen) atoms. The fourth-order valence-electron chi connectivity index (χ4n) is 2.08. The van der Waals surface area contributed by atoms with Gasteiger partial charge in [-0.25, -0.2) is 13.4 Å². The van der Waals surface area contributed by atoms with Crippen LogP contribution in [0, 0.1) is 6.92 Å². The summed E-state index contributed by atoms with van der Waals surface area (Å²) in [7, 11) is -2.83. The summed E-state index contributed by atoms with van der Waals surface area (Å²) >= 11 is -0.338. The first kappa shape index (κ1) is 21.2. The topological polar surface area (TPSA) is 79.4 Å². The molecule has 0 aliphatic carbocycles. The number of sulfonamides is 1. The maximum atomic E-state index is 12.5. The van der Waals surface area contributed by atoms with E-state index in [0.29, 0.717) is 11.5 Å². The first-order chi connectivity index (χ1) is 12.5. The molecule has 1 amide bonds. The normalized spacial score (nSPS) is 12.2. The molecule has 0 fully saturated rings. The van der Waals surface area contributed by atoms with E-state index >= 15 is 0 Å². The molecular formula is C16H16F3N3O3S2. The van der Waals surface area contributed by atoms with Crippen molar-refractivity contribution in [1.29, 1.82) is 0 Å². The van der Waals surface area contributed by atoms with Gasteiger partial charge in [0.25, 0.3) is 0 Å². The van der Waals surface area contributed by atoms with Crippen LogP contribution in [0.2, 0.25) is 0 Å². The molecule has 0 saturated carbocycles. The van der Waals surface area contributed by atoms with E-state index in [9.17, 15) is 26.4 Å². The van der Waals surface area contributed by atoms with E-state index in [1.807, 2.05) is 0 Å². The Balaban J connectivity index is 2.05. The molecular weight excluding hydrogens is 403 g/mol. The van der Waals surface area contributed by atoms with E-state index < -0.39 is 28.0 Å². The van der Waals surface area contributed by atoms with Crippen molar-refractivity contribution < 1.29 is 26.4 Å². The fourth-order valence-corrected chi connectivity index (χ4v) is 3.74. The summed E-state index contributed by atoms with van der Waals surface area (Å²) < 4.78 is 62.8.